The van der Waals surface area contributed by atoms with Crippen LogP contribution < -0.4 is 4.90 Å². The Bertz CT molecular complexity index is 2840. The molecule has 3 aliphatic carbocycles. The van der Waals surface area contributed by atoms with Crippen LogP contribution in [0.4, 0.5) is 17.1 Å². The van der Waals surface area contributed by atoms with E-state index in [4.69, 9.17) is 0 Å². The molecule has 0 bridgehead atoms. The molecule has 280 valence electrons. The molecule has 1 spiro atoms. The molecule has 58 heavy (non-hydrogen) atoms. The number of benzene rings is 8. The zero-order valence-corrected chi connectivity index (χ0v) is 33.4. The maximum Gasteiger partial charge on any atom is 0.0540 e. The van der Waals surface area contributed by atoms with Gasteiger partial charge in [0.1, 0.15) is 0 Å². The quantitative estimate of drug-likeness (QED) is 0.164. The zero-order valence-electron chi connectivity index (χ0n) is 33.4. The summed E-state index contributed by atoms with van der Waals surface area (Å²) in [5.41, 5.74) is 22.2. The maximum atomic E-state index is 2.56. The average molecular weight is 746 g/mol. The van der Waals surface area contributed by atoms with E-state index in [1.807, 2.05) is 0 Å². The van der Waals surface area contributed by atoms with Crippen molar-refractivity contribution in [3.8, 4) is 55.6 Å². The second kappa shape index (κ2) is 13.6. The van der Waals surface area contributed by atoms with Crippen LogP contribution in [0, 0.1) is 0 Å². The van der Waals surface area contributed by atoms with Gasteiger partial charge in [-0.25, -0.2) is 0 Å². The molecule has 0 amide bonds. The monoisotopic (exact) mass is 745 g/mol. The highest BCUT2D eigenvalue weighted by atomic mass is 15.1. The van der Waals surface area contributed by atoms with Crippen molar-refractivity contribution in [2.45, 2.75) is 56.8 Å². The fourth-order valence-electron chi connectivity index (χ4n) is 11.0. The van der Waals surface area contributed by atoms with Crippen molar-refractivity contribution in [3.63, 3.8) is 0 Å². The van der Waals surface area contributed by atoms with E-state index in [9.17, 15) is 0 Å². The third kappa shape index (κ3) is 5.37. The first-order valence-corrected chi connectivity index (χ1v) is 21.1. The molecule has 0 heterocycles. The smallest absolute Gasteiger partial charge is 0.0540 e. The van der Waals surface area contributed by atoms with Gasteiger partial charge in [-0.05, 0) is 115 Å². The van der Waals surface area contributed by atoms with Gasteiger partial charge in [0.05, 0.1) is 5.69 Å². The number of rotatable bonds is 6. The Labute approximate surface area is 343 Å². The number of para-hydroxylation sites is 1. The third-order valence-electron chi connectivity index (χ3n) is 13.7. The summed E-state index contributed by atoms with van der Waals surface area (Å²) in [5, 5.41) is 0. The van der Waals surface area contributed by atoms with E-state index in [1.165, 1.54) is 121 Å². The molecule has 8 aromatic rings. The van der Waals surface area contributed by atoms with Crippen molar-refractivity contribution in [2.24, 2.45) is 0 Å². The number of anilines is 3. The van der Waals surface area contributed by atoms with E-state index in [1.54, 1.807) is 0 Å². The summed E-state index contributed by atoms with van der Waals surface area (Å²) in [6.07, 6.45) is 6.27. The zero-order chi connectivity index (χ0) is 38.8. The summed E-state index contributed by atoms with van der Waals surface area (Å²) < 4.78 is 0. The van der Waals surface area contributed by atoms with Crippen molar-refractivity contribution in [1.29, 1.82) is 0 Å². The molecule has 0 aromatic heterocycles. The Balaban J connectivity index is 1.10. The second-order valence-corrected chi connectivity index (χ2v) is 17.2. The van der Waals surface area contributed by atoms with Gasteiger partial charge in [0.2, 0.25) is 0 Å². The molecule has 1 fully saturated rings. The minimum atomic E-state index is -0.111. The summed E-state index contributed by atoms with van der Waals surface area (Å²) in [6.45, 7) is 4.78. The van der Waals surface area contributed by atoms with Crippen LogP contribution in [-0.2, 0) is 10.8 Å². The molecular formula is C57H47N. The van der Waals surface area contributed by atoms with Gasteiger partial charge in [0.25, 0.3) is 0 Å². The van der Waals surface area contributed by atoms with Gasteiger partial charge in [0, 0.05) is 27.8 Å². The Morgan fingerprint density at radius 3 is 1.71 bits per heavy atom. The van der Waals surface area contributed by atoms with Crippen LogP contribution in [-0.4, -0.2) is 0 Å². The van der Waals surface area contributed by atoms with Gasteiger partial charge in [-0.3, -0.25) is 0 Å². The molecule has 0 aliphatic heterocycles. The first kappa shape index (κ1) is 34.8. The normalized spacial score (nSPS) is 15.3. The topological polar surface area (TPSA) is 3.24 Å². The number of hydrogen-bond donors (Lipinski definition) is 0. The summed E-state index contributed by atoms with van der Waals surface area (Å²) in [6, 6.07) is 70.5. The Morgan fingerprint density at radius 2 is 0.914 bits per heavy atom. The lowest BCUT2D eigenvalue weighted by atomic mass is 9.68. The Kier molecular flexibility index (Phi) is 8.15. The van der Waals surface area contributed by atoms with E-state index in [0.717, 1.165) is 5.69 Å². The number of fused-ring (bicyclic) bond motifs is 8. The average Bonchev–Trinajstić information content (AvgIpc) is 3.68. The van der Waals surface area contributed by atoms with Crippen molar-refractivity contribution in [1.82, 2.24) is 0 Å². The standard InChI is InChI=1S/C57H47N/c1-56(2)51-26-10-7-23-48(51)50-25-16-24-46(55(50)56)42-19-15-20-43(37-42)58(54-28-12-9-21-45(54)41-31-29-40(30-32-41)39-17-5-3-6-18-39)44-33-34-49-47-22-8-11-27-52(47)57(53(49)38-44)35-13-4-14-36-57/h3,5-12,15-34,37-38H,4,13-14,35-36H2,1-2H3. The maximum absolute atomic E-state index is 2.56. The molecule has 0 atom stereocenters. The Morgan fingerprint density at radius 1 is 0.362 bits per heavy atom. The molecule has 1 nitrogen and oxygen atoms in total. The third-order valence-corrected chi connectivity index (χ3v) is 13.7. The van der Waals surface area contributed by atoms with E-state index in [2.05, 4.69) is 207 Å². The van der Waals surface area contributed by atoms with Crippen LogP contribution in [0.5, 0.6) is 0 Å². The largest absolute Gasteiger partial charge is 0.310 e. The minimum absolute atomic E-state index is 0.0612. The highest BCUT2D eigenvalue weighted by molar-refractivity contribution is 5.93. The van der Waals surface area contributed by atoms with E-state index in [0.29, 0.717) is 0 Å². The summed E-state index contributed by atoms with van der Waals surface area (Å²) in [5.74, 6) is 0. The highest BCUT2D eigenvalue weighted by Crippen LogP contribution is 2.57. The van der Waals surface area contributed by atoms with E-state index >= 15 is 0 Å². The van der Waals surface area contributed by atoms with Crippen LogP contribution in [0.15, 0.2) is 188 Å². The van der Waals surface area contributed by atoms with Crippen molar-refractivity contribution in [3.05, 3.63) is 210 Å². The lowest BCUT2D eigenvalue weighted by molar-refractivity contribution is 0.353. The molecule has 0 N–H and O–H groups in total. The van der Waals surface area contributed by atoms with Gasteiger partial charge < -0.3 is 4.90 Å². The molecule has 11 rings (SSSR count). The molecule has 3 aliphatic rings. The predicted octanol–water partition coefficient (Wildman–Crippen LogP) is 15.7. The highest BCUT2D eigenvalue weighted by Gasteiger charge is 2.44. The van der Waals surface area contributed by atoms with Gasteiger partial charge in [-0.2, -0.15) is 0 Å². The van der Waals surface area contributed by atoms with Crippen molar-refractivity contribution in [2.75, 3.05) is 4.90 Å². The summed E-state index contributed by atoms with van der Waals surface area (Å²) >= 11 is 0. The SMILES string of the molecule is CC1(C)c2ccccc2-c2cccc(-c3cccc(N(c4ccc5c(c4)C4(CCCCC4)c4ccccc4-5)c4ccccc4-c4ccc(-c5ccccc5)cc4)c3)c21. The molecule has 0 radical (unpaired) electrons. The van der Waals surface area contributed by atoms with Crippen LogP contribution in [0.3, 0.4) is 0 Å². The van der Waals surface area contributed by atoms with Crippen LogP contribution >= 0.6 is 0 Å². The first-order valence-electron chi connectivity index (χ1n) is 21.1. The number of hydrogen-bond acceptors (Lipinski definition) is 1. The molecule has 1 heteroatoms. The van der Waals surface area contributed by atoms with Gasteiger partial charge in [-0.1, -0.05) is 191 Å². The van der Waals surface area contributed by atoms with Crippen molar-refractivity contribution < 1.29 is 0 Å². The van der Waals surface area contributed by atoms with Crippen molar-refractivity contribution >= 4 is 17.1 Å². The Hall–Kier alpha value is -6.44. The van der Waals surface area contributed by atoms with Crippen LogP contribution in [0.25, 0.3) is 55.6 Å². The van der Waals surface area contributed by atoms with Gasteiger partial charge in [-0.15, -0.1) is 0 Å². The molecular weight excluding hydrogens is 699 g/mol. The molecule has 1 saturated carbocycles. The number of nitrogens with zero attached hydrogens (tertiary/aromatic N) is 1. The van der Waals surface area contributed by atoms with E-state index in [-0.39, 0.29) is 10.8 Å². The molecule has 0 saturated heterocycles. The summed E-state index contributed by atoms with van der Waals surface area (Å²) in [4.78, 5) is 2.53. The lowest BCUT2D eigenvalue weighted by Gasteiger charge is -2.37. The van der Waals surface area contributed by atoms with Gasteiger partial charge >= 0.3 is 0 Å². The van der Waals surface area contributed by atoms with Crippen LogP contribution in [0.2, 0.25) is 0 Å². The van der Waals surface area contributed by atoms with Gasteiger partial charge in [0.15, 0.2) is 0 Å². The lowest BCUT2D eigenvalue weighted by Crippen LogP contribution is -2.28. The minimum Gasteiger partial charge on any atom is -0.310 e. The fourth-order valence-corrected chi connectivity index (χ4v) is 11.0. The predicted molar refractivity (Wildman–Crippen MR) is 244 cm³/mol. The van der Waals surface area contributed by atoms with E-state index < -0.39 is 0 Å². The summed E-state index contributed by atoms with van der Waals surface area (Å²) in [7, 11) is 0. The molecule has 8 aromatic carbocycles. The second-order valence-electron chi connectivity index (χ2n) is 17.2. The molecule has 0 unspecified atom stereocenters. The first-order chi connectivity index (χ1) is 28.5. The van der Waals surface area contributed by atoms with Crippen LogP contribution in [0.1, 0.15) is 68.2 Å². The fraction of sp³-hybridized carbons (Fsp3) is 0.158.